The van der Waals surface area contributed by atoms with Crippen LogP contribution in [0.2, 0.25) is 5.02 Å². The average Bonchev–Trinajstić information content (AvgIpc) is 3.11. The van der Waals surface area contributed by atoms with Crippen molar-refractivity contribution < 1.29 is 4.79 Å². The molecular weight excluding hydrogens is 390 g/mol. The van der Waals surface area contributed by atoms with Crippen molar-refractivity contribution in [1.82, 2.24) is 9.88 Å². The first kappa shape index (κ1) is 20.5. The highest BCUT2D eigenvalue weighted by Crippen LogP contribution is 2.32. The van der Waals surface area contributed by atoms with Gasteiger partial charge in [-0.2, -0.15) is 0 Å². The molecule has 3 aromatic rings. The quantitative estimate of drug-likeness (QED) is 0.500. The molecule has 0 saturated heterocycles. The third kappa shape index (κ3) is 4.79. The van der Waals surface area contributed by atoms with Crippen LogP contribution >= 0.6 is 22.9 Å². The maximum absolute atomic E-state index is 12.4. The fourth-order valence-electron chi connectivity index (χ4n) is 3.16. The zero-order chi connectivity index (χ0) is 20.1. The summed E-state index contributed by atoms with van der Waals surface area (Å²) >= 11 is 7.76. The summed E-state index contributed by atoms with van der Waals surface area (Å²) in [5.41, 5.74) is 4.06. The molecular formula is C22H24ClN3OS. The Balaban J connectivity index is 1.78. The molecule has 0 aliphatic rings. The van der Waals surface area contributed by atoms with Gasteiger partial charge in [-0.05, 0) is 36.7 Å². The molecule has 28 heavy (non-hydrogen) atoms. The van der Waals surface area contributed by atoms with Gasteiger partial charge in [0.2, 0.25) is 5.91 Å². The summed E-state index contributed by atoms with van der Waals surface area (Å²) < 4.78 is 0. The molecule has 1 amide bonds. The predicted octanol–water partition coefficient (Wildman–Crippen LogP) is 5.68. The highest BCUT2D eigenvalue weighted by Gasteiger charge is 2.20. The standard InChI is InChI=1S/C22H24ClN3OS/c1-4-17-9-6-8-12-21(17)26(16(2)27)22-24-19(15-28-22)14-25(3)13-18-10-5-7-11-20(18)23/h5-12,15H,4,13-14H2,1-3H3. The number of hydrogen-bond donors (Lipinski definition) is 0. The number of anilines is 2. The summed E-state index contributed by atoms with van der Waals surface area (Å²) in [6, 6.07) is 15.8. The van der Waals surface area contributed by atoms with Crippen LogP contribution in [0.1, 0.15) is 30.7 Å². The molecule has 0 N–H and O–H groups in total. The number of rotatable bonds is 7. The molecule has 6 heteroatoms. The zero-order valence-corrected chi connectivity index (χ0v) is 17.9. The number of benzene rings is 2. The highest BCUT2D eigenvalue weighted by molar-refractivity contribution is 7.14. The van der Waals surface area contributed by atoms with Crippen LogP contribution in [0.4, 0.5) is 10.8 Å². The third-order valence-electron chi connectivity index (χ3n) is 4.49. The van der Waals surface area contributed by atoms with E-state index in [1.165, 1.54) is 11.3 Å². The van der Waals surface area contributed by atoms with Gasteiger partial charge in [0.05, 0.1) is 11.4 Å². The lowest BCUT2D eigenvalue weighted by molar-refractivity contribution is -0.115. The Kier molecular flexibility index (Phi) is 6.83. The lowest BCUT2D eigenvalue weighted by atomic mass is 10.1. The van der Waals surface area contributed by atoms with E-state index in [9.17, 15) is 4.79 Å². The summed E-state index contributed by atoms with van der Waals surface area (Å²) in [7, 11) is 2.04. The van der Waals surface area contributed by atoms with Crippen LogP contribution in [0.5, 0.6) is 0 Å². The number of carbonyl (C=O) groups excluding carboxylic acids is 1. The van der Waals surface area contributed by atoms with Crippen LogP contribution in [0, 0.1) is 0 Å². The van der Waals surface area contributed by atoms with Gasteiger partial charge in [0, 0.05) is 30.4 Å². The van der Waals surface area contributed by atoms with Gasteiger partial charge in [-0.15, -0.1) is 11.3 Å². The monoisotopic (exact) mass is 413 g/mol. The number of aryl methyl sites for hydroxylation is 1. The Morgan fingerprint density at radius 1 is 1.07 bits per heavy atom. The van der Waals surface area contributed by atoms with Crippen molar-refractivity contribution in [3.63, 3.8) is 0 Å². The number of thiazole rings is 1. The van der Waals surface area contributed by atoms with Crippen molar-refractivity contribution in [2.45, 2.75) is 33.4 Å². The second kappa shape index (κ2) is 9.32. The molecule has 0 atom stereocenters. The Morgan fingerprint density at radius 2 is 1.75 bits per heavy atom. The number of carbonyl (C=O) groups is 1. The van der Waals surface area contributed by atoms with Gasteiger partial charge >= 0.3 is 0 Å². The maximum atomic E-state index is 12.4. The van der Waals surface area contributed by atoms with Crippen LogP contribution in [-0.4, -0.2) is 22.8 Å². The van der Waals surface area contributed by atoms with Crippen LogP contribution in [0.25, 0.3) is 0 Å². The number of halogens is 1. The van der Waals surface area contributed by atoms with Gasteiger partial charge in [0.1, 0.15) is 0 Å². The van der Waals surface area contributed by atoms with Crippen molar-refractivity contribution in [2.24, 2.45) is 0 Å². The molecule has 1 aromatic heterocycles. The minimum Gasteiger partial charge on any atom is -0.296 e. The van der Waals surface area contributed by atoms with Gasteiger partial charge in [0.25, 0.3) is 0 Å². The van der Waals surface area contributed by atoms with Gasteiger partial charge in [-0.1, -0.05) is 54.9 Å². The summed E-state index contributed by atoms with van der Waals surface area (Å²) in [4.78, 5) is 21.0. The largest absolute Gasteiger partial charge is 0.296 e. The van der Waals surface area contributed by atoms with Crippen LogP contribution in [0.3, 0.4) is 0 Å². The molecule has 0 aliphatic heterocycles. The molecule has 4 nitrogen and oxygen atoms in total. The Morgan fingerprint density at radius 3 is 2.43 bits per heavy atom. The Hall–Kier alpha value is -2.21. The van der Waals surface area contributed by atoms with Gasteiger partial charge in [-0.3, -0.25) is 14.6 Å². The van der Waals surface area contributed by atoms with Crippen molar-refractivity contribution in [3.05, 3.63) is 75.8 Å². The molecule has 1 heterocycles. The molecule has 3 rings (SSSR count). The molecule has 0 aliphatic carbocycles. The summed E-state index contributed by atoms with van der Waals surface area (Å²) in [6.07, 6.45) is 0.860. The Labute approximate surface area is 175 Å². The van der Waals surface area contributed by atoms with E-state index in [4.69, 9.17) is 16.6 Å². The molecule has 0 fully saturated rings. The van der Waals surface area contributed by atoms with E-state index in [0.717, 1.165) is 40.5 Å². The van der Waals surface area contributed by atoms with Crippen molar-refractivity contribution in [1.29, 1.82) is 0 Å². The van der Waals surface area contributed by atoms with E-state index in [-0.39, 0.29) is 5.91 Å². The predicted molar refractivity (Wildman–Crippen MR) is 117 cm³/mol. The van der Waals surface area contributed by atoms with Gasteiger partial charge in [0.15, 0.2) is 5.13 Å². The lowest BCUT2D eigenvalue weighted by Gasteiger charge is -2.21. The smallest absolute Gasteiger partial charge is 0.230 e. The van der Waals surface area contributed by atoms with Crippen molar-refractivity contribution in [3.8, 4) is 0 Å². The molecule has 0 bridgehead atoms. The third-order valence-corrected chi connectivity index (χ3v) is 5.73. The minimum absolute atomic E-state index is 0.0359. The van der Waals surface area contributed by atoms with E-state index in [2.05, 4.69) is 17.9 Å². The molecule has 0 saturated carbocycles. The number of hydrogen-bond acceptors (Lipinski definition) is 4. The Bertz CT molecular complexity index is 956. The fourth-order valence-corrected chi connectivity index (χ4v) is 4.22. The molecule has 0 radical (unpaired) electrons. The minimum atomic E-state index is -0.0359. The van der Waals surface area contributed by atoms with E-state index in [1.54, 1.807) is 11.8 Å². The summed E-state index contributed by atoms with van der Waals surface area (Å²) in [5, 5.41) is 3.49. The highest BCUT2D eigenvalue weighted by atomic mass is 35.5. The first-order valence-corrected chi connectivity index (χ1v) is 10.5. The number of nitrogens with zero attached hydrogens (tertiary/aromatic N) is 3. The lowest BCUT2D eigenvalue weighted by Crippen LogP contribution is -2.24. The van der Waals surface area contributed by atoms with E-state index in [1.807, 2.05) is 54.9 Å². The first-order valence-electron chi connectivity index (χ1n) is 9.24. The maximum Gasteiger partial charge on any atom is 0.230 e. The molecule has 0 spiro atoms. The molecule has 146 valence electrons. The molecule has 2 aromatic carbocycles. The second-order valence-corrected chi connectivity index (χ2v) is 7.97. The van der Waals surface area contributed by atoms with E-state index in [0.29, 0.717) is 11.7 Å². The van der Waals surface area contributed by atoms with Gasteiger partial charge in [-0.25, -0.2) is 4.98 Å². The van der Waals surface area contributed by atoms with E-state index >= 15 is 0 Å². The van der Waals surface area contributed by atoms with E-state index < -0.39 is 0 Å². The SMILES string of the molecule is CCc1ccccc1N(C(C)=O)c1nc(CN(C)Cc2ccccc2Cl)cs1. The number of aromatic nitrogens is 1. The number of para-hydroxylation sites is 1. The molecule has 0 unspecified atom stereocenters. The van der Waals surface area contributed by atoms with Crippen molar-refractivity contribution >= 4 is 39.7 Å². The first-order chi connectivity index (χ1) is 13.5. The van der Waals surface area contributed by atoms with Crippen LogP contribution < -0.4 is 4.90 Å². The second-order valence-electron chi connectivity index (χ2n) is 6.72. The normalized spacial score (nSPS) is 11.0. The zero-order valence-electron chi connectivity index (χ0n) is 16.4. The van der Waals surface area contributed by atoms with Crippen LogP contribution in [-0.2, 0) is 24.3 Å². The van der Waals surface area contributed by atoms with Crippen LogP contribution in [0.15, 0.2) is 53.9 Å². The topological polar surface area (TPSA) is 36.4 Å². The average molecular weight is 414 g/mol. The summed E-state index contributed by atoms with van der Waals surface area (Å²) in [6.45, 7) is 5.09. The van der Waals surface area contributed by atoms with Crippen molar-refractivity contribution in [2.75, 3.05) is 11.9 Å². The van der Waals surface area contributed by atoms with Gasteiger partial charge < -0.3 is 0 Å². The fraction of sp³-hybridized carbons (Fsp3) is 0.273. The summed E-state index contributed by atoms with van der Waals surface area (Å²) in [5.74, 6) is -0.0359. The number of amides is 1.